The number of aromatic carboxylic acids is 1. The van der Waals surface area contributed by atoms with Gasteiger partial charge in [-0.3, -0.25) is 0 Å². The van der Waals surface area contributed by atoms with E-state index in [1.54, 1.807) is 12.1 Å². The van der Waals surface area contributed by atoms with Gasteiger partial charge in [-0.25, -0.2) is 4.79 Å². The zero-order chi connectivity index (χ0) is 12.8. The van der Waals surface area contributed by atoms with Gasteiger partial charge in [-0.05, 0) is 37.8 Å². The normalized spacial score (nSPS) is 20.4. The monoisotopic (exact) mass is 247 g/mol. The van der Waals surface area contributed by atoms with Gasteiger partial charge in [-0.2, -0.15) is 0 Å². The van der Waals surface area contributed by atoms with E-state index in [4.69, 9.17) is 10.5 Å². The number of ether oxygens (including phenoxy) is 1. The Balaban J connectivity index is 2.03. The second-order valence-corrected chi connectivity index (χ2v) is 5.34. The smallest absolute Gasteiger partial charge is 0.339 e. The molecule has 0 aromatic heterocycles. The van der Waals surface area contributed by atoms with Crippen molar-refractivity contribution < 1.29 is 14.6 Å². The van der Waals surface area contributed by atoms with Crippen LogP contribution in [0.5, 0.6) is 5.75 Å². The van der Waals surface area contributed by atoms with Gasteiger partial charge in [0.05, 0.1) is 0 Å². The van der Waals surface area contributed by atoms with Crippen molar-refractivity contribution in [3.63, 3.8) is 0 Å². The fourth-order valence-electron chi connectivity index (χ4n) is 3.16. The zero-order valence-electron chi connectivity index (χ0n) is 10.2. The first-order valence-corrected chi connectivity index (χ1v) is 6.45. The van der Waals surface area contributed by atoms with E-state index in [0.717, 1.165) is 37.7 Å². The number of carboxylic acids is 1. The molecule has 1 saturated carbocycles. The van der Waals surface area contributed by atoms with Crippen molar-refractivity contribution in [1.29, 1.82) is 0 Å². The van der Waals surface area contributed by atoms with Crippen LogP contribution in [0.2, 0.25) is 0 Å². The van der Waals surface area contributed by atoms with Crippen molar-refractivity contribution in [2.24, 2.45) is 0 Å². The number of carbonyl (C=O) groups is 1. The Morgan fingerprint density at radius 1 is 1.28 bits per heavy atom. The van der Waals surface area contributed by atoms with Crippen LogP contribution in [0, 0.1) is 0 Å². The number of anilines is 1. The standard InChI is InChI=1S/C14H17NO3/c15-11-5-4-9(13(16)17)12-10(11)8-14(18-12)6-2-1-3-7-14/h4-5H,1-3,6-8,15H2,(H,16,17). The highest BCUT2D eigenvalue weighted by Crippen LogP contribution is 2.46. The van der Waals surface area contributed by atoms with Gasteiger partial charge in [0, 0.05) is 17.7 Å². The zero-order valence-corrected chi connectivity index (χ0v) is 10.2. The Labute approximate surface area is 106 Å². The molecule has 1 aromatic rings. The van der Waals surface area contributed by atoms with Crippen LogP contribution in [0.25, 0.3) is 0 Å². The first-order valence-electron chi connectivity index (χ1n) is 6.45. The Morgan fingerprint density at radius 3 is 2.67 bits per heavy atom. The van der Waals surface area contributed by atoms with E-state index in [2.05, 4.69) is 0 Å². The van der Waals surface area contributed by atoms with Crippen LogP contribution in [-0.2, 0) is 6.42 Å². The lowest BCUT2D eigenvalue weighted by Crippen LogP contribution is -2.36. The minimum absolute atomic E-state index is 0.194. The summed E-state index contributed by atoms with van der Waals surface area (Å²) in [5, 5.41) is 9.21. The molecular formula is C14H17NO3. The summed E-state index contributed by atoms with van der Waals surface area (Å²) >= 11 is 0. The number of fused-ring (bicyclic) bond motifs is 1. The number of carboxylic acid groups (broad SMARTS) is 1. The molecule has 1 fully saturated rings. The van der Waals surface area contributed by atoms with E-state index in [9.17, 15) is 9.90 Å². The van der Waals surface area contributed by atoms with Gasteiger partial charge < -0.3 is 15.6 Å². The summed E-state index contributed by atoms with van der Waals surface area (Å²) in [5.74, 6) is -0.441. The molecule has 1 spiro atoms. The van der Waals surface area contributed by atoms with Gasteiger partial charge >= 0.3 is 5.97 Å². The van der Waals surface area contributed by atoms with Crippen molar-refractivity contribution in [1.82, 2.24) is 0 Å². The summed E-state index contributed by atoms with van der Waals surface area (Å²) in [6.45, 7) is 0. The lowest BCUT2D eigenvalue weighted by atomic mass is 9.81. The predicted molar refractivity (Wildman–Crippen MR) is 68.0 cm³/mol. The molecule has 4 heteroatoms. The lowest BCUT2D eigenvalue weighted by molar-refractivity contribution is 0.0497. The van der Waals surface area contributed by atoms with Crippen molar-refractivity contribution >= 4 is 11.7 Å². The fourth-order valence-corrected chi connectivity index (χ4v) is 3.16. The van der Waals surface area contributed by atoms with Gasteiger partial charge in [0.25, 0.3) is 0 Å². The molecule has 0 atom stereocenters. The molecule has 2 aliphatic rings. The third-order valence-electron chi connectivity index (χ3n) is 4.11. The molecule has 1 heterocycles. The third-order valence-corrected chi connectivity index (χ3v) is 4.11. The second-order valence-electron chi connectivity index (χ2n) is 5.34. The maximum atomic E-state index is 11.2. The molecule has 0 saturated heterocycles. The summed E-state index contributed by atoms with van der Waals surface area (Å²) in [6, 6.07) is 3.21. The quantitative estimate of drug-likeness (QED) is 0.748. The topological polar surface area (TPSA) is 72.6 Å². The maximum absolute atomic E-state index is 11.2. The maximum Gasteiger partial charge on any atom is 0.339 e. The number of nitrogens with two attached hydrogens (primary N) is 1. The molecule has 3 N–H and O–H groups in total. The van der Waals surface area contributed by atoms with Gasteiger partial charge in [0.2, 0.25) is 0 Å². The van der Waals surface area contributed by atoms with Crippen LogP contribution in [0.15, 0.2) is 12.1 Å². The van der Waals surface area contributed by atoms with Crippen LogP contribution in [0.3, 0.4) is 0 Å². The highest BCUT2D eigenvalue weighted by atomic mass is 16.5. The van der Waals surface area contributed by atoms with Gasteiger partial charge in [-0.15, -0.1) is 0 Å². The second kappa shape index (κ2) is 3.90. The van der Waals surface area contributed by atoms with E-state index in [-0.39, 0.29) is 11.2 Å². The Bertz CT molecular complexity index is 504. The summed E-state index contributed by atoms with van der Waals surface area (Å²) < 4.78 is 6.05. The Kier molecular flexibility index (Phi) is 2.47. The molecule has 1 aliphatic heterocycles. The van der Waals surface area contributed by atoms with Crippen molar-refractivity contribution in [2.45, 2.75) is 44.1 Å². The highest BCUT2D eigenvalue weighted by Gasteiger charge is 2.42. The van der Waals surface area contributed by atoms with E-state index >= 15 is 0 Å². The molecular weight excluding hydrogens is 230 g/mol. The van der Waals surface area contributed by atoms with Crippen molar-refractivity contribution in [2.75, 3.05) is 5.73 Å². The highest BCUT2D eigenvalue weighted by molar-refractivity contribution is 5.93. The minimum atomic E-state index is -0.945. The summed E-state index contributed by atoms with van der Waals surface area (Å²) in [6.07, 6.45) is 6.30. The molecule has 18 heavy (non-hydrogen) atoms. The van der Waals surface area contributed by atoms with E-state index in [1.165, 1.54) is 6.42 Å². The van der Waals surface area contributed by atoms with Crippen LogP contribution in [-0.4, -0.2) is 16.7 Å². The predicted octanol–water partition coefficient (Wildman–Crippen LogP) is 2.60. The van der Waals surface area contributed by atoms with E-state index < -0.39 is 5.97 Å². The van der Waals surface area contributed by atoms with Gasteiger partial charge in [0.1, 0.15) is 16.9 Å². The average molecular weight is 247 g/mol. The molecule has 3 rings (SSSR count). The van der Waals surface area contributed by atoms with Crippen molar-refractivity contribution in [3.05, 3.63) is 23.3 Å². The molecule has 0 radical (unpaired) electrons. The van der Waals surface area contributed by atoms with Crippen LogP contribution in [0.1, 0.15) is 48.0 Å². The Hall–Kier alpha value is -1.71. The number of hydrogen-bond donors (Lipinski definition) is 2. The molecule has 4 nitrogen and oxygen atoms in total. The number of rotatable bonds is 1. The van der Waals surface area contributed by atoms with Crippen LogP contribution >= 0.6 is 0 Å². The molecule has 0 unspecified atom stereocenters. The van der Waals surface area contributed by atoms with Crippen molar-refractivity contribution in [3.8, 4) is 5.75 Å². The molecule has 96 valence electrons. The fraction of sp³-hybridized carbons (Fsp3) is 0.500. The third kappa shape index (κ3) is 1.64. The number of nitrogen functional groups attached to an aromatic ring is 1. The summed E-state index contributed by atoms with van der Waals surface area (Å²) in [7, 11) is 0. The average Bonchev–Trinajstić information content (AvgIpc) is 2.70. The lowest BCUT2D eigenvalue weighted by Gasteiger charge is -2.32. The van der Waals surface area contributed by atoms with Crippen LogP contribution in [0.4, 0.5) is 5.69 Å². The van der Waals surface area contributed by atoms with Gasteiger partial charge in [0.15, 0.2) is 0 Å². The SMILES string of the molecule is Nc1ccc(C(=O)O)c2c1CC1(CCCCC1)O2. The van der Waals surface area contributed by atoms with Crippen LogP contribution < -0.4 is 10.5 Å². The molecule has 1 aliphatic carbocycles. The number of benzene rings is 1. The van der Waals surface area contributed by atoms with Gasteiger partial charge in [-0.1, -0.05) is 6.42 Å². The minimum Gasteiger partial charge on any atom is -0.486 e. The molecule has 0 amide bonds. The first-order chi connectivity index (χ1) is 8.61. The largest absolute Gasteiger partial charge is 0.486 e. The van der Waals surface area contributed by atoms with E-state index in [0.29, 0.717) is 11.4 Å². The number of hydrogen-bond acceptors (Lipinski definition) is 3. The molecule has 0 bridgehead atoms. The summed E-state index contributed by atoms with van der Waals surface area (Å²) in [5.41, 5.74) is 7.54. The molecule has 1 aromatic carbocycles. The first kappa shape index (κ1) is 11.4. The van der Waals surface area contributed by atoms with E-state index in [1.807, 2.05) is 0 Å². The Morgan fingerprint density at radius 2 is 2.00 bits per heavy atom. The summed E-state index contributed by atoms with van der Waals surface area (Å²) in [4.78, 5) is 11.2.